The molecule has 0 N–H and O–H groups in total. The normalized spacial score (nSPS) is 16.6. The van der Waals surface area contributed by atoms with Crippen molar-refractivity contribution in [1.29, 1.82) is 5.26 Å². The molecule has 5 aromatic carbocycles. The SMILES string of the molecule is Cn1c2ccccc2c2c1c1cccc3c1n2-c1ccccc1C31c2ccccc2-c2cc(C#N)ccc21. The maximum absolute atomic E-state index is 9.74. The summed E-state index contributed by atoms with van der Waals surface area (Å²) in [7, 11) is 2.18. The second-order valence-electron chi connectivity index (χ2n) is 10.5. The van der Waals surface area contributed by atoms with Gasteiger partial charge in [0.25, 0.3) is 0 Å². The number of aromatic nitrogens is 2. The van der Waals surface area contributed by atoms with Crippen LogP contribution in [0, 0.1) is 11.3 Å². The predicted molar refractivity (Wildman–Crippen MR) is 153 cm³/mol. The van der Waals surface area contributed by atoms with Gasteiger partial charge in [0.05, 0.1) is 44.8 Å². The van der Waals surface area contributed by atoms with Crippen LogP contribution in [0.2, 0.25) is 0 Å². The van der Waals surface area contributed by atoms with E-state index in [9.17, 15) is 5.26 Å². The summed E-state index contributed by atoms with van der Waals surface area (Å²) >= 11 is 0. The monoisotopic (exact) mass is 483 g/mol. The Kier molecular flexibility index (Phi) is 3.49. The van der Waals surface area contributed by atoms with E-state index >= 15 is 0 Å². The van der Waals surface area contributed by atoms with Gasteiger partial charge in [0.1, 0.15) is 0 Å². The Labute approximate surface area is 219 Å². The minimum absolute atomic E-state index is 0.462. The van der Waals surface area contributed by atoms with Gasteiger partial charge < -0.3 is 9.13 Å². The molecule has 0 amide bonds. The van der Waals surface area contributed by atoms with Gasteiger partial charge in [-0.15, -0.1) is 0 Å². The van der Waals surface area contributed by atoms with Gasteiger partial charge in [-0.3, -0.25) is 0 Å². The Balaban J connectivity index is 1.58. The first kappa shape index (κ1) is 20.0. The number of rotatable bonds is 0. The fourth-order valence-electron chi connectivity index (χ4n) is 7.60. The zero-order valence-corrected chi connectivity index (χ0v) is 20.7. The molecular weight excluding hydrogens is 462 g/mol. The van der Waals surface area contributed by atoms with E-state index < -0.39 is 5.41 Å². The molecular formula is C35H21N3. The summed E-state index contributed by atoms with van der Waals surface area (Å²) in [4.78, 5) is 0. The third kappa shape index (κ3) is 2.03. The molecule has 3 heterocycles. The van der Waals surface area contributed by atoms with Gasteiger partial charge >= 0.3 is 0 Å². The van der Waals surface area contributed by atoms with Gasteiger partial charge in [-0.25, -0.2) is 0 Å². The fraction of sp³-hybridized carbons (Fsp3) is 0.0571. The van der Waals surface area contributed by atoms with Crippen LogP contribution in [0.25, 0.3) is 49.7 Å². The standard InChI is InChI=1S/C35H21N3/c1-37-30-15-6-3-10-23(30)34-33(37)24-11-8-14-29-32(24)38(34)31-16-7-5-13-28(31)35(29)26-12-4-2-9-22(26)25-19-21(20-36)17-18-27(25)35/h2-19H,1H3. The van der Waals surface area contributed by atoms with Crippen molar-refractivity contribution in [2.75, 3.05) is 0 Å². The van der Waals surface area contributed by atoms with Crippen LogP contribution in [0.4, 0.5) is 0 Å². The van der Waals surface area contributed by atoms with E-state index in [0.717, 1.165) is 5.56 Å². The minimum atomic E-state index is -0.462. The molecule has 7 aromatic rings. The second kappa shape index (κ2) is 6.62. The highest BCUT2D eigenvalue weighted by atomic mass is 15.1. The van der Waals surface area contributed by atoms with Crippen molar-refractivity contribution in [3.05, 3.63) is 137 Å². The number of nitrogens with zero attached hydrogens (tertiary/aromatic N) is 3. The van der Waals surface area contributed by atoms with Crippen LogP contribution in [0.1, 0.15) is 27.8 Å². The van der Waals surface area contributed by atoms with Crippen LogP contribution in [0.5, 0.6) is 0 Å². The van der Waals surface area contributed by atoms with Gasteiger partial charge in [-0.05, 0) is 57.6 Å². The quantitative estimate of drug-likeness (QED) is 0.216. The predicted octanol–water partition coefficient (Wildman–Crippen LogP) is 7.82. The molecule has 0 radical (unpaired) electrons. The summed E-state index contributed by atoms with van der Waals surface area (Å²) in [5, 5.41) is 12.3. The molecule has 9 rings (SSSR count). The van der Waals surface area contributed by atoms with Crippen molar-refractivity contribution in [1.82, 2.24) is 9.13 Å². The average Bonchev–Trinajstić information content (AvgIpc) is 3.58. The first-order valence-corrected chi connectivity index (χ1v) is 13.0. The summed E-state index contributed by atoms with van der Waals surface area (Å²) in [5.74, 6) is 0. The lowest BCUT2D eigenvalue weighted by Gasteiger charge is -2.39. The van der Waals surface area contributed by atoms with Crippen molar-refractivity contribution in [2.24, 2.45) is 7.05 Å². The molecule has 0 bridgehead atoms. The zero-order chi connectivity index (χ0) is 25.2. The van der Waals surface area contributed by atoms with E-state index in [0.29, 0.717) is 5.56 Å². The Bertz CT molecular complexity index is 2220. The Morgan fingerprint density at radius 2 is 1.32 bits per heavy atom. The molecule has 0 fully saturated rings. The smallest absolute Gasteiger partial charge is 0.0991 e. The number of para-hydroxylation sites is 3. The molecule has 1 atom stereocenters. The summed E-state index contributed by atoms with van der Waals surface area (Å²) in [6, 6.07) is 41.8. The highest BCUT2D eigenvalue weighted by Gasteiger charge is 2.50. The van der Waals surface area contributed by atoms with E-state index in [2.05, 4.69) is 125 Å². The lowest BCUT2D eigenvalue weighted by atomic mass is 9.65. The van der Waals surface area contributed by atoms with Crippen molar-refractivity contribution in [2.45, 2.75) is 5.41 Å². The molecule has 3 heteroatoms. The lowest BCUT2D eigenvalue weighted by Crippen LogP contribution is -2.33. The molecule has 0 saturated heterocycles. The van der Waals surface area contributed by atoms with E-state index in [1.165, 1.54) is 66.3 Å². The second-order valence-corrected chi connectivity index (χ2v) is 10.5. The lowest BCUT2D eigenvalue weighted by molar-refractivity contribution is 0.748. The van der Waals surface area contributed by atoms with Crippen molar-refractivity contribution in [3.63, 3.8) is 0 Å². The Morgan fingerprint density at radius 3 is 2.21 bits per heavy atom. The van der Waals surface area contributed by atoms with E-state index in [4.69, 9.17) is 0 Å². The van der Waals surface area contributed by atoms with Crippen LogP contribution in [-0.4, -0.2) is 9.13 Å². The summed E-state index contributed by atoms with van der Waals surface area (Å²) in [6.45, 7) is 0. The highest BCUT2D eigenvalue weighted by Crippen LogP contribution is 2.61. The third-order valence-corrected chi connectivity index (χ3v) is 8.95. The van der Waals surface area contributed by atoms with Gasteiger partial charge in [-0.1, -0.05) is 84.9 Å². The molecule has 38 heavy (non-hydrogen) atoms. The van der Waals surface area contributed by atoms with E-state index in [1.807, 2.05) is 6.07 Å². The third-order valence-electron chi connectivity index (χ3n) is 8.95. The maximum atomic E-state index is 9.74. The van der Waals surface area contributed by atoms with Gasteiger partial charge in [-0.2, -0.15) is 5.26 Å². The van der Waals surface area contributed by atoms with Gasteiger partial charge in [0.2, 0.25) is 0 Å². The van der Waals surface area contributed by atoms with Gasteiger partial charge in [0, 0.05) is 17.8 Å². The van der Waals surface area contributed by atoms with E-state index in [1.54, 1.807) is 0 Å². The molecule has 3 nitrogen and oxygen atoms in total. The number of hydrogen-bond donors (Lipinski definition) is 0. The molecule has 0 saturated carbocycles. The number of benzene rings is 5. The van der Waals surface area contributed by atoms with Crippen LogP contribution >= 0.6 is 0 Å². The minimum Gasteiger partial charge on any atom is -0.342 e. The number of fused-ring (bicyclic) bond motifs is 14. The molecule has 1 spiro atoms. The fourth-order valence-corrected chi connectivity index (χ4v) is 7.60. The largest absolute Gasteiger partial charge is 0.342 e. The summed E-state index contributed by atoms with van der Waals surface area (Å²) < 4.78 is 4.86. The zero-order valence-electron chi connectivity index (χ0n) is 20.7. The molecule has 176 valence electrons. The summed E-state index contributed by atoms with van der Waals surface area (Å²) in [5.41, 5.74) is 14.0. The molecule has 2 aliphatic rings. The summed E-state index contributed by atoms with van der Waals surface area (Å²) in [6.07, 6.45) is 0. The number of nitriles is 1. The first-order chi connectivity index (χ1) is 18.7. The Hall–Kier alpha value is -5.07. The van der Waals surface area contributed by atoms with E-state index in [-0.39, 0.29) is 0 Å². The maximum Gasteiger partial charge on any atom is 0.0991 e. The van der Waals surface area contributed by atoms with Crippen molar-refractivity contribution >= 4 is 32.8 Å². The van der Waals surface area contributed by atoms with Crippen LogP contribution < -0.4 is 0 Å². The highest BCUT2D eigenvalue weighted by molar-refractivity contribution is 6.20. The van der Waals surface area contributed by atoms with Crippen LogP contribution in [-0.2, 0) is 12.5 Å². The van der Waals surface area contributed by atoms with Crippen molar-refractivity contribution in [3.8, 4) is 22.9 Å². The Morgan fingerprint density at radius 1 is 0.605 bits per heavy atom. The van der Waals surface area contributed by atoms with Crippen LogP contribution in [0.15, 0.2) is 109 Å². The molecule has 1 aliphatic heterocycles. The number of hydrogen-bond acceptors (Lipinski definition) is 1. The molecule has 1 aliphatic carbocycles. The van der Waals surface area contributed by atoms with Crippen LogP contribution in [0.3, 0.4) is 0 Å². The molecule has 1 unspecified atom stereocenters. The van der Waals surface area contributed by atoms with Gasteiger partial charge in [0.15, 0.2) is 0 Å². The first-order valence-electron chi connectivity index (χ1n) is 13.0. The van der Waals surface area contributed by atoms with Crippen molar-refractivity contribution < 1.29 is 0 Å². The molecule has 2 aromatic heterocycles. The number of aryl methyl sites for hydroxylation is 1. The topological polar surface area (TPSA) is 33.6 Å². The average molecular weight is 484 g/mol.